The number of hydrogen-bond acceptors (Lipinski definition) is 4. The third-order valence-corrected chi connectivity index (χ3v) is 5.12. The van der Waals surface area contributed by atoms with Crippen molar-refractivity contribution in [2.75, 3.05) is 12.3 Å². The molecule has 1 unspecified atom stereocenters. The molecule has 1 aromatic carbocycles. The second-order valence-corrected chi connectivity index (χ2v) is 6.78. The minimum atomic E-state index is -0.209. The van der Waals surface area contributed by atoms with E-state index in [1.165, 1.54) is 24.0 Å². The van der Waals surface area contributed by atoms with Crippen LogP contribution in [0.15, 0.2) is 46.5 Å². The fourth-order valence-electron chi connectivity index (χ4n) is 2.43. The van der Waals surface area contributed by atoms with Crippen molar-refractivity contribution in [3.05, 3.63) is 57.5 Å². The van der Waals surface area contributed by atoms with Gasteiger partial charge >= 0.3 is 0 Å². The van der Waals surface area contributed by atoms with E-state index in [4.69, 9.17) is 11.6 Å². The predicted molar refractivity (Wildman–Crippen MR) is 90.9 cm³/mol. The van der Waals surface area contributed by atoms with Gasteiger partial charge in [0.25, 0.3) is 5.56 Å². The van der Waals surface area contributed by atoms with Gasteiger partial charge in [0.05, 0.1) is 5.92 Å². The maximum Gasteiger partial charge on any atom is 0.254 e. The first-order valence-electron chi connectivity index (χ1n) is 7.34. The van der Waals surface area contributed by atoms with Crippen LogP contribution in [-0.4, -0.2) is 27.8 Å². The number of thioether (sulfide) groups is 1. The average molecular weight is 350 g/mol. The summed E-state index contributed by atoms with van der Waals surface area (Å²) in [5.41, 5.74) is 1.01. The molecule has 1 amide bonds. The van der Waals surface area contributed by atoms with Crippen LogP contribution in [0.4, 0.5) is 0 Å². The molecule has 0 bridgehead atoms. The van der Waals surface area contributed by atoms with E-state index in [0.717, 1.165) is 12.0 Å². The Balaban J connectivity index is 1.54. The normalized spacial score (nSPS) is 16.7. The molecule has 0 fully saturated rings. The van der Waals surface area contributed by atoms with Gasteiger partial charge in [-0.05, 0) is 24.1 Å². The molecule has 0 saturated carbocycles. The van der Waals surface area contributed by atoms with Gasteiger partial charge in [-0.25, -0.2) is 4.98 Å². The van der Waals surface area contributed by atoms with E-state index in [1.807, 2.05) is 24.3 Å². The summed E-state index contributed by atoms with van der Waals surface area (Å²) in [6, 6.07) is 9.00. The SMILES string of the molecule is O=C(NCCc1ccc(Cl)cc1)C1CSc2nccc(=O)n2C1. The first-order valence-corrected chi connectivity index (χ1v) is 8.70. The molecule has 2 heterocycles. The molecule has 2 aromatic rings. The topological polar surface area (TPSA) is 64.0 Å². The van der Waals surface area contributed by atoms with Gasteiger partial charge in [0.15, 0.2) is 5.16 Å². The Bertz CT molecular complexity index is 761. The van der Waals surface area contributed by atoms with Gasteiger partial charge < -0.3 is 5.32 Å². The van der Waals surface area contributed by atoms with Crippen LogP contribution in [-0.2, 0) is 17.8 Å². The van der Waals surface area contributed by atoms with E-state index in [2.05, 4.69) is 10.3 Å². The van der Waals surface area contributed by atoms with Crippen molar-refractivity contribution < 1.29 is 4.79 Å². The Hall–Kier alpha value is -1.79. The van der Waals surface area contributed by atoms with Crippen molar-refractivity contribution in [2.45, 2.75) is 18.1 Å². The monoisotopic (exact) mass is 349 g/mol. The molecule has 1 N–H and O–H groups in total. The Morgan fingerprint density at radius 2 is 2.13 bits per heavy atom. The number of benzene rings is 1. The Morgan fingerprint density at radius 3 is 2.91 bits per heavy atom. The van der Waals surface area contributed by atoms with Gasteiger partial charge in [0.2, 0.25) is 5.91 Å². The number of nitrogens with one attached hydrogen (secondary N) is 1. The summed E-state index contributed by atoms with van der Waals surface area (Å²) in [6.07, 6.45) is 2.26. The summed E-state index contributed by atoms with van der Waals surface area (Å²) in [5, 5.41) is 4.33. The number of nitrogens with zero attached hydrogens (tertiary/aromatic N) is 2. The smallest absolute Gasteiger partial charge is 0.254 e. The summed E-state index contributed by atoms with van der Waals surface area (Å²) in [7, 11) is 0. The Morgan fingerprint density at radius 1 is 1.35 bits per heavy atom. The van der Waals surface area contributed by atoms with Crippen molar-refractivity contribution in [3.63, 3.8) is 0 Å². The van der Waals surface area contributed by atoms with E-state index in [0.29, 0.717) is 29.0 Å². The highest BCUT2D eigenvalue weighted by atomic mass is 35.5. The highest BCUT2D eigenvalue weighted by molar-refractivity contribution is 7.99. The van der Waals surface area contributed by atoms with Crippen LogP contribution in [0.25, 0.3) is 0 Å². The van der Waals surface area contributed by atoms with Crippen LogP contribution in [0.1, 0.15) is 5.56 Å². The largest absolute Gasteiger partial charge is 0.355 e. The zero-order valence-corrected chi connectivity index (χ0v) is 13.9. The number of rotatable bonds is 4. The van der Waals surface area contributed by atoms with Crippen LogP contribution in [0.3, 0.4) is 0 Å². The molecule has 0 aliphatic carbocycles. The van der Waals surface area contributed by atoms with E-state index in [-0.39, 0.29) is 17.4 Å². The van der Waals surface area contributed by atoms with Crippen molar-refractivity contribution in [1.82, 2.24) is 14.9 Å². The average Bonchev–Trinajstić information content (AvgIpc) is 2.57. The lowest BCUT2D eigenvalue weighted by Crippen LogP contribution is -2.40. The summed E-state index contributed by atoms with van der Waals surface area (Å²) in [6.45, 7) is 0.957. The van der Waals surface area contributed by atoms with Crippen LogP contribution in [0, 0.1) is 5.92 Å². The third kappa shape index (κ3) is 3.95. The van der Waals surface area contributed by atoms with Crippen molar-refractivity contribution >= 4 is 29.3 Å². The molecular formula is C16H16ClN3O2S. The fourth-order valence-corrected chi connectivity index (χ4v) is 3.62. The standard InChI is InChI=1S/C16H16ClN3O2S/c17-13-3-1-11(2-4-13)5-7-18-15(22)12-9-20-14(21)6-8-19-16(20)23-10-12/h1-4,6,8,12H,5,7,9-10H2,(H,18,22). The first kappa shape index (κ1) is 16.1. The molecule has 0 radical (unpaired) electrons. The minimum Gasteiger partial charge on any atom is -0.355 e. The molecule has 120 valence electrons. The van der Waals surface area contributed by atoms with Crippen LogP contribution < -0.4 is 10.9 Å². The molecule has 1 atom stereocenters. The quantitative estimate of drug-likeness (QED) is 0.857. The van der Waals surface area contributed by atoms with Crippen molar-refractivity contribution in [1.29, 1.82) is 0 Å². The van der Waals surface area contributed by atoms with Gasteiger partial charge in [-0.3, -0.25) is 14.2 Å². The van der Waals surface area contributed by atoms with Gasteiger partial charge in [-0.1, -0.05) is 35.5 Å². The molecule has 23 heavy (non-hydrogen) atoms. The van der Waals surface area contributed by atoms with Crippen LogP contribution >= 0.6 is 23.4 Å². The molecule has 0 spiro atoms. The minimum absolute atomic E-state index is 0.0205. The van der Waals surface area contributed by atoms with Gasteiger partial charge in [0.1, 0.15) is 0 Å². The first-order chi connectivity index (χ1) is 11.1. The molecular weight excluding hydrogens is 334 g/mol. The lowest BCUT2D eigenvalue weighted by molar-refractivity contribution is -0.124. The number of aromatic nitrogens is 2. The molecule has 7 heteroatoms. The second-order valence-electron chi connectivity index (χ2n) is 5.35. The Kier molecular flexibility index (Phi) is 5.03. The number of fused-ring (bicyclic) bond motifs is 1. The van der Waals surface area contributed by atoms with Crippen LogP contribution in [0.2, 0.25) is 5.02 Å². The van der Waals surface area contributed by atoms with Crippen molar-refractivity contribution in [3.8, 4) is 0 Å². The molecule has 1 aliphatic heterocycles. The highest BCUT2D eigenvalue weighted by Gasteiger charge is 2.26. The number of halogens is 1. The molecule has 5 nitrogen and oxygen atoms in total. The second kappa shape index (κ2) is 7.19. The number of carbonyl (C=O) groups is 1. The summed E-state index contributed by atoms with van der Waals surface area (Å²) >= 11 is 7.29. The highest BCUT2D eigenvalue weighted by Crippen LogP contribution is 2.24. The Labute approximate surface area is 143 Å². The third-order valence-electron chi connectivity index (χ3n) is 3.71. The van der Waals surface area contributed by atoms with Gasteiger partial charge in [-0.2, -0.15) is 0 Å². The fraction of sp³-hybridized carbons (Fsp3) is 0.312. The van der Waals surface area contributed by atoms with Crippen LogP contribution in [0.5, 0.6) is 0 Å². The lowest BCUT2D eigenvalue weighted by Gasteiger charge is -2.23. The van der Waals surface area contributed by atoms with E-state index in [9.17, 15) is 9.59 Å². The van der Waals surface area contributed by atoms with E-state index >= 15 is 0 Å². The molecule has 3 rings (SSSR count). The number of hydrogen-bond donors (Lipinski definition) is 1. The predicted octanol–water partition coefficient (Wildman–Crippen LogP) is 1.98. The number of carbonyl (C=O) groups excluding carboxylic acids is 1. The zero-order valence-electron chi connectivity index (χ0n) is 12.4. The summed E-state index contributed by atoms with van der Waals surface area (Å²) < 4.78 is 1.57. The molecule has 0 saturated heterocycles. The van der Waals surface area contributed by atoms with E-state index in [1.54, 1.807) is 4.57 Å². The maximum absolute atomic E-state index is 12.3. The van der Waals surface area contributed by atoms with Gasteiger partial charge in [0, 0.05) is 36.1 Å². The van der Waals surface area contributed by atoms with E-state index < -0.39 is 0 Å². The maximum atomic E-state index is 12.3. The number of amides is 1. The molecule has 1 aliphatic rings. The summed E-state index contributed by atoms with van der Waals surface area (Å²) in [4.78, 5) is 28.3. The van der Waals surface area contributed by atoms with Crippen molar-refractivity contribution in [2.24, 2.45) is 5.92 Å². The zero-order chi connectivity index (χ0) is 16.2. The lowest BCUT2D eigenvalue weighted by atomic mass is 10.1. The van der Waals surface area contributed by atoms with Gasteiger partial charge in [-0.15, -0.1) is 0 Å². The summed E-state index contributed by atoms with van der Waals surface area (Å²) in [5.74, 6) is 0.413. The molecule has 1 aromatic heterocycles.